The highest BCUT2D eigenvalue weighted by Gasteiger charge is 2.21. The maximum atomic E-state index is 12.5. The first-order valence-corrected chi connectivity index (χ1v) is 14.3. The standard InChI is InChI=1S/C29H37N3O5S/c1-20-8-10-21(11-9-20)18-30-28(35)15-22-6-5-7-23(14-22)17-29(2,3)31-19-27(34)24-12-13-26(33)25(16-24)32-38(4,36)37/h5-14,16,27,31-34H,15,17-19H2,1-4H3,(H,30,35)/t27-/m0/s1. The van der Waals surface area contributed by atoms with Gasteiger partial charge in [-0.2, -0.15) is 0 Å². The molecule has 0 bridgehead atoms. The molecule has 9 heteroatoms. The van der Waals surface area contributed by atoms with E-state index < -0.39 is 16.1 Å². The summed E-state index contributed by atoms with van der Waals surface area (Å²) in [4.78, 5) is 12.5. The Morgan fingerprint density at radius 1 is 0.974 bits per heavy atom. The van der Waals surface area contributed by atoms with Crippen molar-refractivity contribution in [2.45, 2.75) is 51.8 Å². The fraction of sp³-hybridized carbons (Fsp3) is 0.345. The third kappa shape index (κ3) is 9.48. The van der Waals surface area contributed by atoms with Gasteiger partial charge in [-0.15, -0.1) is 0 Å². The van der Waals surface area contributed by atoms with Crippen LogP contribution >= 0.6 is 0 Å². The summed E-state index contributed by atoms with van der Waals surface area (Å²) in [5.74, 6) is -0.259. The number of rotatable bonds is 12. The zero-order valence-corrected chi connectivity index (χ0v) is 23.1. The second-order valence-corrected chi connectivity index (χ2v) is 12.1. The maximum Gasteiger partial charge on any atom is 0.229 e. The topological polar surface area (TPSA) is 128 Å². The number of carbonyl (C=O) groups is 1. The van der Waals surface area contributed by atoms with Gasteiger partial charge in [0.25, 0.3) is 0 Å². The Labute approximate surface area is 225 Å². The molecule has 0 saturated heterocycles. The van der Waals surface area contributed by atoms with Crippen molar-refractivity contribution in [1.29, 1.82) is 0 Å². The van der Waals surface area contributed by atoms with Gasteiger partial charge in [0.1, 0.15) is 5.75 Å². The third-order valence-corrected chi connectivity index (χ3v) is 6.68. The number of phenols is 1. The number of aromatic hydroxyl groups is 1. The summed E-state index contributed by atoms with van der Waals surface area (Å²) in [5.41, 5.74) is 4.33. The van der Waals surface area contributed by atoms with E-state index in [-0.39, 0.29) is 35.8 Å². The van der Waals surface area contributed by atoms with E-state index in [0.29, 0.717) is 18.5 Å². The van der Waals surface area contributed by atoms with Gasteiger partial charge in [-0.05, 0) is 61.6 Å². The second kappa shape index (κ2) is 12.4. The van der Waals surface area contributed by atoms with Crippen molar-refractivity contribution in [3.63, 3.8) is 0 Å². The molecule has 0 aromatic heterocycles. The predicted octanol–water partition coefficient (Wildman–Crippen LogP) is 3.58. The summed E-state index contributed by atoms with van der Waals surface area (Å²) in [7, 11) is -3.57. The smallest absolute Gasteiger partial charge is 0.229 e. The van der Waals surface area contributed by atoms with E-state index in [0.717, 1.165) is 22.9 Å². The number of sulfonamides is 1. The monoisotopic (exact) mass is 539 g/mol. The third-order valence-electron chi connectivity index (χ3n) is 6.09. The number of aryl methyl sites for hydroxylation is 1. The van der Waals surface area contributed by atoms with Crippen molar-refractivity contribution < 1.29 is 23.4 Å². The number of carbonyl (C=O) groups excluding carboxylic acids is 1. The lowest BCUT2D eigenvalue weighted by molar-refractivity contribution is -0.120. The number of phenolic OH excluding ortho intramolecular Hbond substituents is 1. The molecule has 0 aliphatic rings. The molecule has 8 nitrogen and oxygen atoms in total. The summed E-state index contributed by atoms with van der Waals surface area (Å²) in [5, 5.41) is 26.9. The Morgan fingerprint density at radius 3 is 2.34 bits per heavy atom. The molecule has 0 radical (unpaired) electrons. The van der Waals surface area contributed by atoms with E-state index in [1.807, 2.05) is 69.3 Å². The van der Waals surface area contributed by atoms with E-state index in [4.69, 9.17) is 0 Å². The van der Waals surface area contributed by atoms with Crippen molar-refractivity contribution in [2.75, 3.05) is 17.5 Å². The van der Waals surface area contributed by atoms with E-state index in [9.17, 15) is 23.4 Å². The number of aliphatic hydroxyl groups excluding tert-OH is 1. The molecule has 5 N–H and O–H groups in total. The molecule has 204 valence electrons. The normalized spacial score (nSPS) is 12.7. The number of benzene rings is 3. The molecule has 38 heavy (non-hydrogen) atoms. The van der Waals surface area contributed by atoms with Crippen molar-refractivity contribution in [1.82, 2.24) is 10.6 Å². The minimum absolute atomic E-state index is 0.0167. The summed E-state index contributed by atoms with van der Waals surface area (Å²) in [6.07, 6.45) is 1.02. The number of anilines is 1. The lowest BCUT2D eigenvalue weighted by Crippen LogP contribution is -2.43. The van der Waals surface area contributed by atoms with Crippen LogP contribution in [0.25, 0.3) is 0 Å². The van der Waals surface area contributed by atoms with Crippen LogP contribution in [0, 0.1) is 6.92 Å². The van der Waals surface area contributed by atoms with Crippen molar-refractivity contribution in [3.8, 4) is 5.75 Å². The molecule has 1 atom stereocenters. The summed E-state index contributed by atoms with van der Waals surface area (Å²) >= 11 is 0. The molecule has 0 aliphatic heterocycles. The quantitative estimate of drug-likeness (QED) is 0.224. The first kappa shape index (κ1) is 29.2. The summed E-state index contributed by atoms with van der Waals surface area (Å²) in [6.45, 7) is 6.78. The van der Waals surface area contributed by atoms with Gasteiger partial charge < -0.3 is 20.8 Å². The average molecular weight is 540 g/mol. The van der Waals surface area contributed by atoms with Gasteiger partial charge in [0.15, 0.2) is 0 Å². The molecule has 3 rings (SSSR count). The van der Waals surface area contributed by atoms with Gasteiger partial charge in [-0.3, -0.25) is 9.52 Å². The largest absolute Gasteiger partial charge is 0.506 e. The molecular formula is C29H37N3O5S. The van der Waals surface area contributed by atoms with Gasteiger partial charge in [0.2, 0.25) is 15.9 Å². The lowest BCUT2D eigenvalue weighted by Gasteiger charge is -2.28. The van der Waals surface area contributed by atoms with Crippen LogP contribution in [0.5, 0.6) is 5.75 Å². The van der Waals surface area contributed by atoms with Crippen LogP contribution in [0.2, 0.25) is 0 Å². The lowest BCUT2D eigenvalue weighted by atomic mass is 9.93. The highest BCUT2D eigenvalue weighted by atomic mass is 32.2. The minimum atomic E-state index is -3.57. The van der Waals surface area contributed by atoms with E-state index in [1.165, 1.54) is 17.7 Å². The van der Waals surface area contributed by atoms with Gasteiger partial charge >= 0.3 is 0 Å². The Hall–Kier alpha value is -3.40. The predicted molar refractivity (Wildman–Crippen MR) is 150 cm³/mol. The van der Waals surface area contributed by atoms with Gasteiger partial charge in [0, 0.05) is 18.6 Å². The number of nitrogens with one attached hydrogen (secondary N) is 3. The Bertz CT molecular complexity index is 1350. The van der Waals surface area contributed by atoms with Gasteiger partial charge in [-0.1, -0.05) is 60.2 Å². The van der Waals surface area contributed by atoms with Crippen LogP contribution in [0.3, 0.4) is 0 Å². The van der Waals surface area contributed by atoms with Gasteiger partial charge in [0.05, 0.1) is 24.5 Å². The molecule has 0 aliphatic carbocycles. The number of aliphatic hydroxyl groups is 1. The van der Waals surface area contributed by atoms with Crippen LogP contribution < -0.4 is 15.4 Å². The fourth-order valence-corrected chi connectivity index (χ4v) is 4.67. The minimum Gasteiger partial charge on any atom is -0.506 e. The Kier molecular flexibility index (Phi) is 9.54. The zero-order valence-electron chi connectivity index (χ0n) is 22.3. The molecule has 0 fully saturated rings. The number of β-amino-alcohol motifs (C(OH)–C–C–N with tert-alkyl or cyclic N) is 1. The molecule has 0 spiro atoms. The Morgan fingerprint density at radius 2 is 1.66 bits per heavy atom. The first-order valence-electron chi connectivity index (χ1n) is 12.4. The molecule has 0 heterocycles. The summed E-state index contributed by atoms with van der Waals surface area (Å²) < 4.78 is 25.3. The molecule has 3 aromatic carbocycles. The van der Waals surface area contributed by atoms with E-state index >= 15 is 0 Å². The van der Waals surface area contributed by atoms with Crippen LogP contribution in [-0.4, -0.2) is 42.9 Å². The number of amides is 1. The number of hydrogen-bond acceptors (Lipinski definition) is 6. The highest BCUT2D eigenvalue weighted by Crippen LogP contribution is 2.28. The maximum absolute atomic E-state index is 12.5. The molecule has 0 unspecified atom stereocenters. The Balaban J connectivity index is 1.54. The second-order valence-electron chi connectivity index (χ2n) is 10.4. The SMILES string of the molecule is Cc1ccc(CNC(=O)Cc2cccc(CC(C)(C)NC[C@H](O)c3ccc(O)c(NS(C)(=O)=O)c3)c2)cc1. The van der Waals surface area contributed by atoms with Crippen LogP contribution in [0.1, 0.15) is 47.8 Å². The molecule has 1 amide bonds. The van der Waals surface area contributed by atoms with Crippen molar-refractivity contribution in [2.24, 2.45) is 0 Å². The molecule has 0 saturated carbocycles. The van der Waals surface area contributed by atoms with Crippen molar-refractivity contribution >= 4 is 21.6 Å². The van der Waals surface area contributed by atoms with Crippen molar-refractivity contribution in [3.05, 3.63) is 94.5 Å². The van der Waals surface area contributed by atoms with Crippen LogP contribution in [0.15, 0.2) is 66.7 Å². The number of hydrogen-bond donors (Lipinski definition) is 5. The summed E-state index contributed by atoms with van der Waals surface area (Å²) in [6, 6.07) is 20.3. The van der Waals surface area contributed by atoms with Gasteiger partial charge in [-0.25, -0.2) is 8.42 Å². The van der Waals surface area contributed by atoms with Crippen LogP contribution in [0.4, 0.5) is 5.69 Å². The van der Waals surface area contributed by atoms with Crippen LogP contribution in [-0.2, 0) is 34.2 Å². The first-order chi connectivity index (χ1) is 17.8. The molecular weight excluding hydrogens is 502 g/mol. The fourth-order valence-electron chi connectivity index (χ4n) is 4.11. The van der Waals surface area contributed by atoms with E-state index in [2.05, 4.69) is 15.4 Å². The molecule has 3 aromatic rings. The highest BCUT2D eigenvalue weighted by molar-refractivity contribution is 7.92. The van der Waals surface area contributed by atoms with E-state index in [1.54, 1.807) is 6.07 Å². The average Bonchev–Trinajstić information content (AvgIpc) is 2.83. The zero-order chi connectivity index (χ0) is 27.9.